The number of hydrogen-bond acceptors (Lipinski definition) is 0. The normalized spacial score (nSPS) is 9.58. The molecule has 0 aliphatic rings. The van der Waals surface area contributed by atoms with Gasteiger partial charge in [0.25, 0.3) is 0 Å². The first-order valence-electron chi connectivity index (χ1n) is 3.48. The maximum atomic E-state index is 2.16. The molecule has 3 heteroatoms. The van der Waals surface area contributed by atoms with E-state index in [9.17, 15) is 0 Å². The molecule has 0 spiro atoms. The van der Waals surface area contributed by atoms with Crippen LogP contribution in [0.4, 0.5) is 5.69 Å². The van der Waals surface area contributed by atoms with Gasteiger partial charge in [0, 0.05) is 0 Å². The highest BCUT2D eigenvalue weighted by Crippen LogP contribution is 2.14. The lowest BCUT2D eigenvalue weighted by atomic mass is 10.3. The highest BCUT2D eigenvalue weighted by Gasteiger charge is 2.08. The monoisotopic (exact) mass is 189 g/mol. The van der Waals surface area contributed by atoms with Crippen molar-refractivity contribution in [3.63, 3.8) is 0 Å². The predicted octanol–water partition coefficient (Wildman–Crippen LogP) is -1.94. The van der Waals surface area contributed by atoms with Gasteiger partial charge >= 0.3 is 0 Å². The topological polar surface area (TPSA) is 31.5 Å². The maximum Gasteiger partial charge on any atom is 0.132 e. The Balaban J connectivity index is 0. The Hall–Kier alpha value is -0.570. The van der Waals surface area contributed by atoms with E-state index in [4.69, 9.17) is 0 Å². The third-order valence-electron chi connectivity index (χ3n) is 1.53. The van der Waals surface area contributed by atoms with E-state index in [-0.39, 0.29) is 17.9 Å². The van der Waals surface area contributed by atoms with Gasteiger partial charge in [-0.05, 0) is 12.1 Å². The van der Waals surface area contributed by atoms with Gasteiger partial charge in [-0.1, -0.05) is 18.2 Å². The van der Waals surface area contributed by atoms with Crippen LogP contribution in [0.5, 0.6) is 0 Å². The van der Waals surface area contributed by atoms with Crippen molar-refractivity contribution in [3.8, 4) is 0 Å². The van der Waals surface area contributed by atoms with E-state index in [0.29, 0.717) is 0 Å². The number of hydrogen-bond donors (Lipinski definition) is 0. The van der Waals surface area contributed by atoms with Crippen LogP contribution in [0.15, 0.2) is 30.3 Å². The van der Waals surface area contributed by atoms with Crippen molar-refractivity contribution >= 4 is 5.69 Å². The van der Waals surface area contributed by atoms with Crippen LogP contribution in [0.25, 0.3) is 0 Å². The second-order valence-corrected chi connectivity index (χ2v) is 3.35. The molecule has 0 radical (unpaired) electrons. The summed E-state index contributed by atoms with van der Waals surface area (Å²) >= 11 is 0. The lowest BCUT2D eigenvalue weighted by molar-refractivity contribution is -0.00000356. The van der Waals surface area contributed by atoms with Crippen LogP contribution in [-0.4, -0.2) is 26.6 Å². The van der Waals surface area contributed by atoms with Crippen molar-refractivity contribution in [1.82, 2.24) is 4.48 Å². The molecule has 70 valence electrons. The summed E-state index contributed by atoms with van der Waals surface area (Å²) in [7, 11) is 6.49. The van der Waals surface area contributed by atoms with Crippen LogP contribution >= 0.6 is 0 Å². The summed E-state index contributed by atoms with van der Waals surface area (Å²) in [4.78, 5) is 0. The predicted molar refractivity (Wildman–Crippen MR) is 49.6 cm³/mol. The molecule has 0 saturated carbocycles. The minimum Gasteiger partial charge on any atom is -1.00 e. The molecule has 0 amide bonds. The van der Waals surface area contributed by atoms with Crippen molar-refractivity contribution in [3.05, 3.63) is 30.3 Å². The molecule has 0 saturated heterocycles. The largest absolute Gasteiger partial charge is 1.00 e. The van der Waals surface area contributed by atoms with Crippen molar-refractivity contribution in [1.29, 1.82) is 0 Å². The molecule has 12 heavy (non-hydrogen) atoms. The van der Waals surface area contributed by atoms with Gasteiger partial charge in [-0.15, -0.1) is 0 Å². The standard InChI is InChI=1S/C9H14N.ClH.H2O/c1-10(2,3)9-7-5-4-6-8-9;;/h4-8H,1-3H3;1H;1H2/q+1;;/p-1. The fraction of sp³-hybridized carbons (Fsp3) is 0.333. The molecule has 0 atom stereocenters. The van der Waals surface area contributed by atoms with Crippen LogP contribution in [0.1, 0.15) is 0 Å². The first kappa shape index (κ1) is 14.0. The molecule has 1 rings (SSSR count). The molecule has 0 fully saturated rings. The lowest BCUT2D eigenvalue weighted by Crippen LogP contribution is -3.00. The van der Waals surface area contributed by atoms with Crippen LogP contribution in [-0.2, 0) is 0 Å². The fourth-order valence-corrected chi connectivity index (χ4v) is 0.875. The minimum absolute atomic E-state index is 0. The van der Waals surface area contributed by atoms with E-state index in [0.717, 1.165) is 4.48 Å². The zero-order valence-corrected chi connectivity index (χ0v) is 8.47. The minimum atomic E-state index is 0. The maximum absolute atomic E-state index is 2.16. The number of para-hydroxylation sites is 1. The average Bonchev–Trinajstić information content (AvgIpc) is 1.88. The summed E-state index contributed by atoms with van der Waals surface area (Å²) < 4.78 is 0.890. The Morgan fingerprint density at radius 2 is 1.33 bits per heavy atom. The van der Waals surface area contributed by atoms with Gasteiger partial charge in [-0.25, -0.2) is 0 Å². The van der Waals surface area contributed by atoms with Crippen LogP contribution in [0.3, 0.4) is 0 Å². The fourth-order valence-electron chi connectivity index (χ4n) is 0.875. The smallest absolute Gasteiger partial charge is 0.132 e. The summed E-state index contributed by atoms with van der Waals surface area (Å²) in [6.45, 7) is 0. The van der Waals surface area contributed by atoms with Crippen LogP contribution in [0.2, 0.25) is 0 Å². The van der Waals surface area contributed by atoms with Gasteiger partial charge in [-0.3, -0.25) is 4.48 Å². The Labute approximate surface area is 80.1 Å². The van der Waals surface area contributed by atoms with Gasteiger partial charge in [0.05, 0.1) is 21.1 Å². The molecule has 0 aliphatic heterocycles. The molecule has 1 aromatic rings. The number of halogens is 1. The zero-order valence-electron chi connectivity index (χ0n) is 7.71. The van der Waals surface area contributed by atoms with Gasteiger partial charge in [-0.2, -0.15) is 0 Å². The molecule has 0 heterocycles. The van der Waals surface area contributed by atoms with Crippen molar-refractivity contribution in [2.45, 2.75) is 0 Å². The molecule has 0 unspecified atom stereocenters. The van der Waals surface area contributed by atoms with E-state index < -0.39 is 0 Å². The average molecular weight is 190 g/mol. The van der Waals surface area contributed by atoms with E-state index in [2.05, 4.69) is 45.4 Å². The quantitative estimate of drug-likeness (QED) is 0.461. The first-order valence-corrected chi connectivity index (χ1v) is 3.48. The van der Waals surface area contributed by atoms with E-state index in [1.165, 1.54) is 5.69 Å². The van der Waals surface area contributed by atoms with E-state index in [1.807, 2.05) is 6.07 Å². The third kappa shape index (κ3) is 3.72. The van der Waals surface area contributed by atoms with E-state index >= 15 is 0 Å². The summed E-state index contributed by atoms with van der Waals surface area (Å²) in [6, 6.07) is 10.5. The van der Waals surface area contributed by atoms with Gasteiger partial charge in [0.15, 0.2) is 0 Å². The van der Waals surface area contributed by atoms with E-state index in [1.54, 1.807) is 0 Å². The van der Waals surface area contributed by atoms with Crippen molar-refractivity contribution in [2.75, 3.05) is 21.1 Å². The van der Waals surface area contributed by atoms with Gasteiger partial charge in [0.1, 0.15) is 5.69 Å². The number of benzene rings is 1. The SMILES string of the molecule is C[N+](C)(C)c1ccccc1.O.[Cl-]. The molecule has 2 nitrogen and oxygen atoms in total. The molecular formula is C9H16ClNO. The Kier molecular flexibility index (Phi) is 5.99. The Bertz CT molecular complexity index is 206. The van der Waals surface area contributed by atoms with Gasteiger partial charge in [0.2, 0.25) is 0 Å². The Morgan fingerprint density at radius 1 is 0.917 bits per heavy atom. The summed E-state index contributed by atoms with van der Waals surface area (Å²) in [6.07, 6.45) is 0. The molecule has 0 aliphatic carbocycles. The van der Waals surface area contributed by atoms with Crippen molar-refractivity contribution in [2.24, 2.45) is 0 Å². The van der Waals surface area contributed by atoms with Gasteiger partial charge < -0.3 is 17.9 Å². The molecule has 0 bridgehead atoms. The van der Waals surface area contributed by atoms with Crippen molar-refractivity contribution < 1.29 is 17.9 Å². The lowest BCUT2D eigenvalue weighted by Gasteiger charge is -2.22. The molecular weight excluding hydrogens is 174 g/mol. The molecule has 2 N–H and O–H groups in total. The highest BCUT2D eigenvalue weighted by atomic mass is 35.5. The third-order valence-corrected chi connectivity index (χ3v) is 1.53. The molecule has 0 aromatic heterocycles. The second-order valence-electron chi connectivity index (χ2n) is 3.35. The molecule has 1 aromatic carbocycles. The first-order chi connectivity index (χ1) is 4.61. The highest BCUT2D eigenvalue weighted by molar-refractivity contribution is 5.40. The summed E-state index contributed by atoms with van der Waals surface area (Å²) in [5.74, 6) is 0. The number of rotatable bonds is 1. The van der Waals surface area contributed by atoms with Crippen LogP contribution in [0, 0.1) is 0 Å². The number of nitrogens with zero attached hydrogens (tertiary/aromatic N) is 1. The second kappa shape index (κ2) is 5.14. The Morgan fingerprint density at radius 3 is 1.58 bits per heavy atom. The summed E-state index contributed by atoms with van der Waals surface area (Å²) in [5, 5.41) is 0. The van der Waals surface area contributed by atoms with Crippen LogP contribution < -0.4 is 16.9 Å². The number of quaternary nitrogens is 1. The summed E-state index contributed by atoms with van der Waals surface area (Å²) in [5.41, 5.74) is 1.34. The zero-order chi connectivity index (χ0) is 7.61.